The van der Waals surface area contributed by atoms with Crippen molar-refractivity contribution in [1.82, 2.24) is 9.97 Å². The minimum absolute atomic E-state index is 0.204. The van der Waals surface area contributed by atoms with Crippen LogP contribution in [0, 0.1) is 0 Å². The van der Waals surface area contributed by atoms with Crippen molar-refractivity contribution >= 4 is 28.6 Å². The normalized spacial score (nSPS) is 10.8. The van der Waals surface area contributed by atoms with Gasteiger partial charge in [0.25, 0.3) is 5.97 Å². The molecule has 0 bridgehead atoms. The van der Waals surface area contributed by atoms with Gasteiger partial charge in [0.05, 0.1) is 11.0 Å². The summed E-state index contributed by atoms with van der Waals surface area (Å²) >= 11 is 0. The number of H-pyrrole nitrogens is 1. The highest BCUT2D eigenvalue weighted by Crippen LogP contribution is 2.29. The molecule has 0 saturated carbocycles. The number of benzene rings is 1. The number of aromatic amines is 1. The van der Waals surface area contributed by atoms with E-state index < -0.39 is 18.0 Å². The fourth-order valence-electron chi connectivity index (χ4n) is 1.47. The first-order chi connectivity index (χ1) is 10.1. The molecule has 0 radical (unpaired) electrons. The minimum atomic E-state index is -4.51. The molecule has 0 fully saturated rings. The summed E-state index contributed by atoms with van der Waals surface area (Å²) in [4.78, 5) is 25.8. The Morgan fingerprint density at radius 3 is 2.45 bits per heavy atom. The monoisotopic (exact) mass is 317 g/mol. The number of hydrogen-bond acceptors (Lipinski definition) is 3. The van der Waals surface area contributed by atoms with Crippen molar-refractivity contribution in [1.29, 1.82) is 0 Å². The molecule has 2 rings (SSSR count). The van der Waals surface area contributed by atoms with E-state index in [1.54, 1.807) is 6.92 Å². The summed E-state index contributed by atoms with van der Waals surface area (Å²) in [7, 11) is 0. The molecular weight excluding hydrogens is 303 g/mol. The largest absolute Gasteiger partial charge is 0.481 e. The third-order valence-electron chi connectivity index (χ3n) is 2.36. The summed E-state index contributed by atoms with van der Waals surface area (Å²) in [6.07, 6.45) is -4.21. The van der Waals surface area contributed by atoms with E-state index in [1.165, 1.54) is 18.2 Å². The molecule has 0 spiro atoms. The predicted molar refractivity (Wildman–Crippen MR) is 73.3 cm³/mol. The van der Waals surface area contributed by atoms with Gasteiger partial charge in [0, 0.05) is 19.0 Å². The van der Waals surface area contributed by atoms with Crippen LogP contribution in [0.3, 0.4) is 0 Å². The zero-order valence-electron chi connectivity index (χ0n) is 11.8. The van der Waals surface area contributed by atoms with E-state index in [0.717, 1.165) is 6.92 Å². The van der Waals surface area contributed by atoms with Gasteiger partial charge in [0.1, 0.15) is 0 Å². The molecule has 2 aromatic rings. The van der Waals surface area contributed by atoms with Gasteiger partial charge in [-0.2, -0.15) is 13.2 Å². The number of carboxylic acids is 1. The van der Waals surface area contributed by atoms with E-state index in [-0.39, 0.29) is 16.9 Å². The molecule has 0 aliphatic carbocycles. The van der Waals surface area contributed by atoms with Gasteiger partial charge in [-0.05, 0) is 18.2 Å². The van der Waals surface area contributed by atoms with Crippen LogP contribution in [-0.2, 0) is 15.8 Å². The first kappa shape index (κ1) is 17.5. The molecule has 1 aromatic heterocycles. The van der Waals surface area contributed by atoms with Gasteiger partial charge in [-0.1, -0.05) is 6.92 Å². The first-order valence-electron chi connectivity index (χ1n) is 6.19. The molecule has 1 aromatic carbocycles. The second-order valence-electron chi connectivity index (χ2n) is 4.24. The lowest BCUT2D eigenvalue weighted by molar-refractivity contribution is -0.144. The number of aliphatic carboxylic acids is 1. The lowest BCUT2D eigenvalue weighted by atomic mass is 10.2. The average molecular weight is 317 g/mol. The van der Waals surface area contributed by atoms with Gasteiger partial charge >= 0.3 is 6.18 Å². The van der Waals surface area contributed by atoms with Crippen molar-refractivity contribution in [3.8, 4) is 0 Å². The van der Waals surface area contributed by atoms with Crippen LogP contribution in [0.4, 0.5) is 18.9 Å². The number of carboxylic acid groups (broad SMARTS) is 1. The van der Waals surface area contributed by atoms with E-state index in [9.17, 15) is 18.0 Å². The first-order valence-corrected chi connectivity index (χ1v) is 6.19. The van der Waals surface area contributed by atoms with E-state index >= 15 is 0 Å². The molecule has 6 nitrogen and oxygen atoms in total. The van der Waals surface area contributed by atoms with Crippen LogP contribution in [0.5, 0.6) is 0 Å². The van der Waals surface area contributed by atoms with Crippen molar-refractivity contribution in [2.75, 3.05) is 5.32 Å². The number of halogens is 3. The predicted octanol–water partition coefficient (Wildman–Crippen LogP) is 3.02. The molecule has 9 heteroatoms. The number of hydrogen-bond donors (Lipinski definition) is 3. The number of aromatic nitrogens is 2. The van der Waals surface area contributed by atoms with E-state index in [2.05, 4.69) is 15.3 Å². The third kappa shape index (κ3) is 5.08. The van der Waals surface area contributed by atoms with Gasteiger partial charge in [-0.15, -0.1) is 0 Å². The summed E-state index contributed by atoms with van der Waals surface area (Å²) in [5.41, 5.74) is 0.875. The number of anilines is 1. The summed E-state index contributed by atoms with van der Waals surface area (Å²) < 4.78 is 37.3. The maximum absolute atomic E-state index is 12.4. The topological polar surface area (TPSA) is 95.1 Å². The van der Waals surface area contributed by atoms with Crippen molar-refractivity contribution in [3.05, 3.63) is 24.0 Å². The highest BCUT2D eigenvalue weighted by molar-refractivity contribution is 5.92. The van der Waals surface area contributed by atoms with Crippen LogP contribution in [0.25, 0.3) is 11.0 Å². The zero-order valence-corrected chi connectivity index (χ0v) is 11.8. The third-order valence-corrected chi connectivity index (χ3v) is 2.36. The Kier molecular flexibility index (Phi) is 5.50. The molecule has 22 heavy (non-hydrogen) atoms. The summed E-state index contributed by atoms with van der Waals surface area (Å²) in [5.74, 6) is -2.08. The smallest absolute Gasteiger partial charge is 0.449 e. The molecule has 1 heterocycles. The number of amides is 1. The number of fused-ring (bicyclic) bond motifs is 1. The zero-order chi connectivity index (χ0) is 16.9. The van der Waals surface area contributed by atoms with Gasteiger partial charge in [-0.25, -0.2) is 4.98 Å². The SMILES string of the molecule is CC(=O)O.CCC(=O)Nc1ccc2nc(C(F)(F)F)[nH]c2c1. The fraction of sp³-hybridized carbons (Fsp3) is 0.308. The number of nitrogens with zero attached hydrogens (tertiary/aromatic N) is 1. The Morgan fingerprint density at radius 2 is 1.95 bits per heavy atom. The molecule has 120 valence electrons. The van der Waals surface area contributed by atoms with Crippen molar-refractivity contribution in [2.24, 2.45) is 0 Å². The quantitative estimate of drug-likeness (QED) is 0.793. The van der Waals surface area contributed by atoms with Crippen LogP contribution in [-0.4, -0.2) is 27.0 Å². The van der Waals surface area contributed by atoms with Gasteiger partial charge in [0.15, 0.2) is 0 Å². The van der Waals surface area contributed by atoms with Gasteiger partial charge in [-0.3, -0.25) is 9.59 Å². The maximum Gasteiger partial charge on any atom is 0.449 e. The average Bonchev–Trinajstić information content (AvgIpc) is 2.81. The number of nitrogens with one attached hydrogen (secondary N) is 2. The van der Waals surface area contributed by atoms with E-state index in [1.807, 2.05) is 0 Å². The Morgan fingerprint density at radius 1 is 1.36 bits per heavy atom. The van der Waals surface area contributed by atoms with Crippen molar-refractivity contribution in [2.45, 2.75) is 26.4 Å². The lowest BCUT2D eigenvalue weighted by Gasteiger charge is -2.02. The van der Waals surface area contributed by atoms with E-state index in [4.69, 9.17) is 9.90 Å². The Labute approximate surface area is 123 Å². The molecule has 0 aliphatic heterocycles. The molecule has 0 unspecified atom stereocenters. The van der Waals surface area contributed by atoms with Gasteiger partial charge < -0.3 is 15.4 Å². The number of carbonyl (C=O) groups excluding carboxylic acids is 1. The number of rotatable bonds is 2. The standard InChI is InChI=1S/C11H10F3N3O.C2H4O2/c1-2-9(18)15-6-3-4-7-8(5-6)17-10(16-7)11(12,13)14;1-2(3)4/h3-5H,2H2,1H3,(H,15,18)(H,16,17);1H3,(H,3,4). The minimum Gasteiger partial charge on any atom is -0.481 e. The molecule has 0 saturated heterocycles. The fourth-order valence-corrected chi connectivity index (χ4v) is 1.47. The molecule has 3 N–H and O–H groups in total. The summed E-state index contributed by atoms with van der Waals surface area (Å²) in [5, 5.41) is 9.98. The van der Waals surface area contributed by atoms with Crippen molar-refractivity contribution in [3.63, 3.8) is 0 Å². The van der Waals surface area contributed by atoms with Crippen LogP contribution in [0.1, 0.15) is 26.1 Å². The highest BCUT2D eigenvalue weighted by Gasteiger charge is 2.34. The summed E-state index contributed by atoms with van der Waals surface area (Å²) in [6, 6.07) is 4.36. The lowest BCUT2D eigenvalue weighted by Crippen LogP contribution is -2.09. The van der Waals surface area contributed by atoms with Crippen LogP contribution in [0.15, 0.2) is 18.2 Å². The summed E-state index contributed by atoms with van der Waals surface area (Å²) in [6.45, 7) is 2.77. The Hall–Kier alpha value is -2.58. The van der Waals surface area contributed by atoms with Crippen LogP contribution < -0.4 is 5.32 Å². The van der Waals surface area contributed by atoms with Gasteiger partial charge in [0.2, 0.25) is 11.7 Å². The second-order valence-corrected chi connectivity index (χ2v) is 4.24. The molecule has 0 aliphatic rings. The Bertz CT molecular complexity index is 676. The Balaban J connectivity index is 0.000000541. The highest BCUT2D eigenvalue weighted by atomic mass is 19.4. The number of carbonyl (C=O) groups is 2. The maximum atomic E-state index is 12.4. The second kappa shape index (κ2) is 6.92. The van der Waals surface area contributed by atoms with E-state index in [0.29, 0.717) is 12.1 Å². The number of alkyl halides is 3. The van der Waals surface area contributed by atoms with Crippen molar-refractivity contribution < 1.29 is 27.9 Å². The van der Waals surface area contributed by atoms with Crippen LogP contribution >= 0.6 is 0 Å². The molecule has 1 amide bonds. The molecular formula is C13H14F3N3O3. The van der Waals surface area contributed by atoms with Crippen LogP contribution in [0.2, 0.25) is 0 Å². The molecule has 0 atom stereocenters. The number of imidazole rings is 1.